The van der Waals surface area contributed by atoms with E-state index in [1.807, 2.05) is 7.05 Å². The van der Waals surface area contributed by atoms with E-state index in [0.717, 1.165) is 36.9 Å². The van der Waals surface area contributed by atoms with Crippen LogP contribution in [0.5, 0.6) is 0 Å². The lowest BCUT2D eigenvalue weighted by Crippen LogP contribution is -2.81. The summed E-state index contributed by atoms with van der Waals surface area (Å²) in [5.74, 6) is -1.14. The molecule has 7 saturated carbocycles. The lowest BCUT2D eigenvalue weighted by Gasteiger charge is -2.72. The molecule has 0 aromatic carbocycles. The van der Waals surface area contributed by atoms with Gasteiger partial charge in [0.15, 0.2) is 5.60 Å². The highest BCUT2D eigenvalue weighted by Gasteiger charge is 2.86. The molecule has 1 spiro atoms. The molecule has 0 unspecified atom stereocenters. The van der Waals surface area contributed by atoms with E-state index in [4.69, 9.17) is 4.74 Å². The third-order valence-electron chi connectivity index (χ3n) is 18.5. The first kappa shape index (κ1) is 36.9. The van der Waals surface area contributed by atoms with Gasteiger partial charge in [0.05, 0.1) is 29.3 Å². The summed E-state index contributed by atoms with van der Waals surface area (Å²) in [7, 11) is 1.90. The van der Waals surface area contributed by atoms with Gasteiger partial charge in [0.2, 0.25) is 0 Å². The molecule has 14 atom stereocenters. The van der Waals surface area contributed by atoms with Crippen molar-refractivity contribution in [3.63, 3.8) is 0 Å². The summed E-state index contributed by atoms with van der Waals surface area (Å²) in [6.07, 6.45) is 14.6. The Morgan fingerprint density at radius 2 is 1.75 bits per heavy atom. The molecule has 0 aromatic rings. The SMILES string of the molecule is CNCCNCC1=C[C@@H]2C[C@@]3(O)[C@]4(CCC[C@@]15OC(=O)C=C5[C@@]24CO)CC[C@H]1[C@@]3(O)C[C@H]2C[C@@H]([C@@H](C)C3CCCC3)CC[C@H]3[C@@H](O)CC[C@@]1(C=O)[C@]23O. The number of hydrogen-bond acceptors (Lipinski definition) is 10. The summed E-state index contributed by atoms with van der Waals surface area (Å²) in [6.45, 7) is 4.05. The minimum absolute atomic E-state index is 0.148. The minimum Gasteiger partial charge on any atom is -0.447 e. The molecule has 1 heterocycles. The molecular weight excluding hydrogens is 672 g/mol. The number of carbonyl (C=O) groups is 2. The second-order valence-corrected chi connectivity index (χ2v) is 19.6. The zero-order valence-corrected chi connectivity index (χ0v) is 32.0. The zero-order valence-electron chi connectivity index (χ0n) is 32.0. The van der Waals surface area contributed by atoms with Gasteiger partial charge in [0.25, 0.3) is 0 Å². The van der Waals surface area contributed by atoms with Crippen LogP contribution in [0.15, 0.2) is 23.3 Å². The fourth-order valence-electron chi connectivity index (χ4n) is 16.4. The molecule has 0 aromatic heterocycles. The molecule has 10 heteroatoms. The van der Waals surface area contributed by atoms with Crippen molar-refractivity contribution < 1.29 is 39.9 Å². The number of allylic oxidation sites excluding steroid dienone is 1. The molecule has 7 fully saturated rings. The molecule has 10 nitrogen and oxygen atoms in total. The molecule has 0 amide bonds. The van der Waals surface area contributed by atoms with Crippen molar-refractivity contribution >= 4 is 12.3 Å². The molecule has 0 saturated heterocycles. The van der Waals surface area contributed by atoms with Crippen LogP contribution in [-0.2, 0) is 14.3 Å². The number of nitrogens with one attached hydrogen (secondary N) is 2. The number of carbonyl (C=O) groups excluding carboxylic acids is 2. The number of fused-ring (bicyclic) bond motifs is 3. The van der Waals surface area contributed by atoms with Gasteiger partial charge in [-0.1, -0.05) is 38.7 Å². The molecule has 0 radical (unpaired) electrons. The molecular formula is C43H64N2O8. The van der Waals surface area contributed by atoms with Crippen molar-refractivity contribution in [1.82, 2.24) is 10.6 Å². The van der Waals surface area contributed by atoms with Crippen LogP contribution >= 0.6 is 0 Å². The van der Waals surface area contributed by atoms with Gasteiger partial charge < -0.3 is 45.7 Å². The first-order chi connectivity index (χ1) is 25.4. The molecule has 294 valence electrons. The number of aliphatic hydroxyl groups is 5. The van der Waals surface area contributed by atoms with E-state index in [9.17, 15) is 35.1 Å². The monoisotopic (exact) mass is 736 g/mol. The average molecular weight is 737 g/mol. The minimum atomic E-state index is -1.74. The lowest BCUT2D eigenvalue weighted by atomic mass is 9.35. The molecule has 53 heavy (non-hydrogen) atoms. The summed E-state index contributed by atoms with van der Waals surface area (Å²) in [4.78, 5) is 27.4. The average Bonchev–Trinajstić information content (AvgIpc) is 3.81. The summed E-state index contributed by atoms with van der Waals surface area (Å²) in [5, 5.41) is 71.4. The number of aliphatic hydroxyl groups excluding tert-OH is 2. The number of likely N-dealkylation sites (N-methyl/N-ethyl adjacent to an activating group) is 1. The maximum Gasteiger partial charge on any atom is 0.332 e. The normalized spacial score (nSPS) is 51.8. The second-order valence-electron chi connectivity index (χ2n) is 19.6. The standard InChI is InChI=1S/C43H64N2O8/c1-26(27-6-3-4-7-27)28-8-9-32-33(48)10-14-37(24-46)34-11-15-38-12-5-13-40-31(23-45-17-16-44-2)19-29(39(38,25-47)35(40)20-36(49)53-40)22-42(38,51)41(34,50)21-30(18-28)43(32,37)52/h19-20,24,26-30,32-34,44-45,47-48,50-52H,3-18,21-23,25H2,1-2H3/t26-,28-,29+,30+,32-,33-,34+,37-,38+,39+,40+,41-,42+,43-/m0/s1. The van der Waals surface area contributed by atoms with Gasteiger partial charge in [-0.15, -0.1) is 0 Å². The Hall–Kier alpha value is -1.66. The van der Waals surface area contributed by atoms with E-state index in [2.05, 4.69) is 23.6 Å². The largest absolute Gasteiger partial charge is 0.447 e. The van der Waals surface area contributed by atoms with Gasteiger partial charge >= 0.3 is 5.97 Å². The quantitative estimate of drug-likeness (QED) is 0.0808. The van der Waals surface area contributed by atoms with Crippen molar-refractivity contribution in [2.45, 2.75) is 138 Å². The van der Waals surface area contributed by atoms with Crippen LogP contribution in [0.2, 0.25) is 0 Å². The Balaban J connectivity index is 1.19. The summed E-state index contributed by atoms with van der Waals surface area (Å²) < 4.78 is 6.32. The van der Waals surface area contributed by atoms with Crippen molar-refractivity contribution in [2.24, 2.45) is 57.7 Å². The first-order valence-electron chi connectivity index (χ1n) is 21.3. The van der Waals surface area contributed by atoms with E-state index >= 15 is 0 Å². The van der Waals surface area contributed by atoms with Crippen LogP contribution in [0.25, 0.3) is 0 Å². The van der Waals surface area contributed by atoms with Gasteiger partial charge in [0.1, 0.15) is 11.9 Å². The number of ether oxygens (including phenoxy) is 1. The van der Waals surface area contributed by atoms with Crippen LogP contribution in [0.4, 0.5) is 0 Å². The summed E-state index contributed by atoms with van der Waals surface area (Å²) in [5.41, 5.74) is -7.60. The van der Waals surface area contributed by atoms with Crippen molar-refractivity contribution in [1.29, 1.82) is 0 Å². The van der Waals surface area contributed by atoms with Crippen LogP contribution in [0.3, 0.4) is 0 Å². The van der Waals surface area contributed by atoms with E-state index < -0.39 is 68.5 Å². The predicted molar refractivity (Wildman–Crippen MR) is 197 cm³/mol. The van der Waals surface area contributed by atoms with Crippen molar-refractivity contribution in [3.8, 4) is 0 Å². The smallest absolute Gasteiger partial charge is 0.332 e. The highest BCUT2D eigenvalue weighted by molar-refractivity contribution is 5.89. The molecule has 9 aliphatic rings. The summed E-state index contributed by atoms with van der Waals surface area (Å²) in [6, 6.07) is 0. The predicted octanol–water partition coefficient (Wildman–Crippen LogP) is 3.33. The van der Waals surface area contributed by atoms with Gasteiger partial charge in [-0.05, 0) is 125 Å². The number of aldehydes is 1. The van der Waals surface area contributed by atoms with Gasteiger partial charge in [-0.2, -0.15) is 0 Å². The Morgan fingerprint density at radius 1 is 0.962 bits per heavy atom. The van der Waals surface area contributed by atoms with Crippen LogP contribution in [-0.4, -0.2) is 99.6 Å². The highest BCUT2D eigenvalue weighted by atomic mass is 16.6. The van der Waals surface area contributed by atoms with Gasteiger partial charge in [0, 0.05) is 48.4 Å². The van der Waals surface area contributed by atoms with Crippen LogP contribution < -0.4 is 10.6 Å². The van der Waals surface area contributed by atoms with E-state index in [-0.39, 0.29) is 37.7 Å². The molecule has 9 rings (SSSR count). The lowest BCUT2D eigenvalue weighted by molar-refractivity contribution is -0.348. The van der Waals surface area contributed by atoms with E-state index in [1.54, 1.807) is 6.08 Å². The van der Waals surface area contributed by atoms with Crippen LogP contribution in [0, 0.1) is 57.7 Å². The second kappa shape index (κ2) is 12.4. The number of hydrogen-bond donors (Lipinski definition) is 7. The molecule has 2 bridgehead atoms. The van der Waals surface area contributed by atoms with E-state index in [1.165, 1.54) is 25.7 Å². The van der Waals surface area contributed by atoms with E-state index in [0.29, 0.717) is 69.7 Å². The fourth-order valence-corrected chi connectivity index (χ4v) is 16.4. The third kappa shape index (κ3) is 4.30. The van der Waals surface area contributed by atoms with Crippen molar-refractivity contribution in [3.05, 3.63) is 23.3 Å². The third-order valence-corrected chi connectivity index (χ3v) is 18.5. The number of rotatable bonds is 9. The van der Waals surface area contributed by atoms with Crippen LogP contribution in [0.1, 0.15) is 110 Å². The maximum absolute atomic E-state index is 14.0. The Morgan fingerprint density at radius 3 is 2.49 bits per heavy atom. The Labute approximate surface area is 314 Å². The molecule has 8 aliphatic carbocycles. The van der Waals surface area contributed by atoms with Gasteiger partial charge in [-0.25, -0.2) is 4.79 Å². The Kier molecular flexibility index (Phi) is 8.66. The topological polar surface area (TPSA) is 169 Å². The molecule has 1 aliphatic heterocycles. The van der Waals surface area contributed by atoms with Gasteiger partial charge in [-0.3, -0.25) is 0 Å². The maximum atomic E-state index is 14.0. The molecule has 7 N–H and O–H groups in total. The fraction of sp³-hybridized carbons (Fsp3) is 0.860. The zero-order chi connectivity index (χ0) is 37.2. The first-order valence-corrected chi connectivity index (χ1v) is 21.3. The Bertz CT molecular complexity index is 1580. The summed E-state index contributed by atoms with van der Waals surface area (Å²) >= 11 is 0. The highest BCUT2D eigenvalue weighted by Crippen LogP contribution is 2.82. The number of esters is 1. The van der Waals surface area contributed by atoms with Crippen molar-refractivity contribution in [2.75, 3.05) is 33.3 Å².